The van der Waals surface area contributed by atoms with Crippen molar-refractivity contribution in [2.45, 2.75) is 39.2 Å². The van der Waals surface area contributed by atoms with Crippen LogP contribution in [0.3, 0.4) is 0 Å². The first-order valence-electron chi connectivity index (χ1n) is 11.7. The number of carbonyl (C=O) groups excluding carboxylic acids is 1. The summed E-state index contributed by atoms with van der Waals surface area (Å²) >= 11 is 0. The molecule has 2 aromatic heterocycles. The maximum absolute atomic E-state index is 14.1. The lowest BCUT2D eigenvalue weighted by molar-refractivity contribution is -0.129. The second-order valence-electron chi connectivity index (χ2n) is 9.25. The van der Waals surface area contributed by atoms with Crippen LogP contribution in [0.1, 0.15) is 36.7 Å². The highest BCUT2D eigenvalue weighted by Gasteiger charge is 2.28. The first-order valence-corrected chi connectivity index (χ1v) is 11.7. The number of aryl methyl sites for hydroxylation is 1. The lowest BCUT2D eigenvalue weighted by atomic mass is 9.90. The summed E-state index contributed by atoms with van der Waals surface area (Å²) in [6.07, 6.45) is 6.78. The molecule has 34 heavy (non-hydrogen) atoms. The van der Waals surface area contributed by atoms with E-state index in [1.165, 1.54) is 6.07 Å². The van der Waals surface area contributed by atoms with Crippen LogP contribution in [0.5, 0.6) is 0 Å². The molecule has 9 heteroatoms. The molecule has 0 atom stereocenters. The van der Waals surface area contributed by atoms with Gasteiger partial charge >= 0.3 is 0 Å². The number of benzene rings is 1. The quantitative estimate of drug-likeness (QED) is 0.589. The zero-order chi connectivity index (χ0) is 23.8. The van der Waals surface area contributed by atoms with E-state index in [-0.39, 0.29) is 5.91 Å². The van der Waals surface area contributed by atoms with Crippen molar-refractivity contribution in [3.63, 3.8) is 0 Å². The number of carbonyl (C=O) groups is 1. The fourth-order valence-electron chi connectivity index (χ4n) is 4.90. The Kier molecular flexibility index (Phi) is 6.02. The number of hydrogen-bond donors (Lipinski definition) is 0. The second-order valence-corrected chi connectivity index (χ2v) is 9.25. The summed E-state index contributed by atoms with van der Waals surface area (Å²) in [4.78, 5) is 26.0. The lowest BCUT2D eigenvalue weighted by Crippen LogP contribution is -2.38. The van der Waals surface area contributed by atoms with E-state index in [2.05, 4.69) is 10.00 Å². The number of nitrogens with zero attached hydrogens (tertiary/aromatic N) is 6. The molecule has 2 aliphatic rings. The van der Waals surface area contributed by atoms with Crippen LogP contribution in [0.15, 0.2) is 30.6 Å². The topological polar surface area (TPSA) is 67.2 Å². The molecule has 7 nitrogen and oxygen atoms in total. The summed E-state index contributed by atoms with van der Waals surface area (Å²) < 4.78 is 29.1. The Hall–Kier alpha value is -3.36. The Morgan fingerprint density at radius 1 is 1.12 bits per heavy atom. The summed E-state index contributed by atoms with van der Waals surface area (Å²) in [6, 6.07) is 3.83. The van der Waals surface area contributed by atoms with Gasteiger partial charge in [-0.15, -0.1) is 0 Å². The maximum atomic E-state index is 14.1. The number of rotatable bonds is 4. The van der Waals surface area contributed by atoms with Crippen molar-refractivity contribution in [1.82, 2.24) is 24.6 Å². The number of aromatic nitrogens is 4. The van der Waals surface area contributed by atoms with Crippen LogP contribution in [0.2, 0.25) is 0 Å². The molecule has 1 aromatic carbocycles. The van der Waals surface area contributed by atoms with E-state index in [4.69, 9.17) is 9.97 Å². The Morgan fingerprint density at radius 3 is 2.59 bits per heavy atom. The van der Waals surface area contributed by atoms with Crippen molar-refractivity contribution >= 4 is 11.7 Å². The van der Waals surface area contributed by atoms with Crippen LogP contribution in [-0.4, -0.2) is 50.2 Å². The number of hydrogen-bond acceptors (Lipinski definition) is 5. The third kappa shape index (κ3) is 4.51. The summed E-state index contributed by atoms with van der Waals surface area (Å²) in [5, 5.41) is 4.31. The standard InChI is InChI=1S/C25H28F2N6O/c1-16(34)33-10-7-22-23(15-33)29-24(19-13-28-31(2)14-19)25(30-22)32-8-5-17(6-9-32)11-18-3-4-20(26)12-21(18)27/h3-4,12-14,17H,5-11,15H2,1-2H3. The highest BCUT2D eigenvalue weighted by Crippen LogP contribution is 2.33. The largest absolute Gasteiger partial charge is 0.355 e. The minimum atomic E-state index is -0.545. The molecular weight excluding hydrogens is 438 g/mol. The molecule has 0 aliphatic carbocycles. The molecule has 1 amide bonds. The number of piperidine rings is 1. The molecule has 3 aromatic rings. The molecule has 0 bridgehead atoms. The molecular formula is C25H28F2N6O. The van der Waals surface area contributed by atoms with Crippen molar-refractivity contribution in [3.8, 4) is 11.3 Å². The zero-order valence-corrected chi connectivity index (χ0v) is 19.5. The maximum Gasteiger partial charge on any atom is 0.219 e. The molecule has 0 N–H and O–H groups in total. The molecule has 0 saturated carbocycles. The van der Waals surface area contributed by atoms with Gasteiger partial charge in [-0.05, 0) is 36.8 Å². The smallest absolute Gasteiger partial charge is 0.219 e. The Morgan fingerprint density at radius 2 is 1.91 bits per heavy atom. The van der Waals surface area contributed by atoms with Gasteiger partial charge in [0.1, 0.15) is 17.3 Å². The Bertz CT molecular complexity index is 1220. The van der Waals surface area contributed by atoms with Crippen LogP contribution in [0, 0.1) is 17.6 Å². The van der Waals surface area contributed by atoms with Gasteiger partial charge in [-0.25, -0.2) is 18.7 Å². The van der Waals surface area contributed by atoms with Crippen molar-refractivity contribution in [2.24, 2.45) is 13.0 Å². The van der Waals surface area contributed by atoms with Gasteiger partial charge in [-0.3, -0.25) is 9.48 Å². The van der Waals surface area contributed by atoms with Crippen LogP contribution in [0.25, 0.3) is 11.3 Å². The number of anilines is 1. The Labute approximate surface area is 197 Å². The fraction of sp³-hybridized carbons (Fsp3) is 0.440. The van der Waals surface area contributed by atoms with Gasteiger partial charge in [0.2, 0.25) is 5.91 Å². The van der Waals surface area contributed by atoms with Crippen molar-refractivity contribution in [3.05, 3.63) is 59.2 Å². The van der Waals surface area contributed by atoms with Gasteiger partial charge in [0.15, 0.2) is 5.82 Å². The number of fused-ring (bicyclic) bond motifs is 1. The Balaban J connectivity index is 1.38. The average molecular weight is 467 g/mol. The molecule has 178 valence electrons. The molecule has 0 unspecified atom stereocenters. The van der Waals surface area contributed by atoms with E-state index < -0.39 is 11.6 Å². The zero-order valence-electron chi connectivity index (χ0n) is 19.5. The van der Waals surface area contributed by atoms with Crippen LogP contribution in [0.4, 0.5) is 14.6 Å². The first-order chi connectivity index (χ1) is 16.4. The van der Waals surface area contributed by atoms with Crippen molar-refractivity contribution < 1.29 is 13.6 Å². The van der Waals surface area contributed by atoms with Crippen LogP contribution >= 0.6 is 0 Å². The molecule has 5 rings (SSSR count). The molecule has 1 fully saturated rings. The fourth-order valence-corrected chi connectivity index (χ4v) is 4.90. The highest BCUT2D eigenvalue weighted by molar-refractivity contribution is 5.74. The van der Waals surface area contributed by atoms with Gasteiger partial charge in [-0.2, -0.15) is 5.10 Å². The molecule has 0 spiro atoms. The summed E-state index contributed by atoms with van der Waals surface area (Å²) in [5.74, 6) is 0.194. The van der Waals surface area contributed by atoms with E-state index in [0.29, 0.717) is 37.4 Å². The third-order valence-corrected chi connectivity index (χ3v) is 6.85. The molecule has 0 radical (unpaired) electrons. The van der Waals surface area contributed by atoms with Gasteiger partial charge in [0, 0.05) is 57.9 Å². The summed E-state index contributed by atoms with van der Waals surface area (Å²) in [7, 11) is 1.87. The summed E-state index contributed by atoms with van der Waals surface area (Å²) in [6.45, 7) is 4.27. The van der Waals surface area contributed by atoms with Crippen LogP contribution < -0.4 is 4.90 Å². The predicted molar refractivity (Wildman–Crippen MR) is 124 cm³/mol. The third-order valence-electron chi connectivity index (χ3n) is 6.85. The normalized spacial score (nSPS) is 16.6. The molecule has 2 aliphatic heterocycles. The summed E-state index contributed by atoms with van der Waals surface area (Å²) in [5.41, 5.74) is 4.02. The van der Waals surface area contributed by atoms with E-state index in [1.807, 2.05) is 13.2 Å². The van der Waals surface area contributed by atoms with Gasteiger partial charge in [0.25, 0.3) is 0 Å². The van der Waals surface area contributed by atoms with Crippen LogP contribution in [-0.2, 0) is 31.2 Å². The van der Waals surface area contributed by atoms with Crippen molar-refractivity contribution in [2.75, 3.05) is 24.5 Å². The number of halogens is 2. The van der Waals surface area contributed by atoms with E-state index in [1.54, 1.807) is 28.8 Å². The van der Waals surface area contributed by atoms with Gasteiger partial charge in [-0.1, -0.05) is 6.07 Å². The minimum Gasteiger partial charge on any atom is -0.355 e. The SMILES string of the molecule is CC(=O)N1CCc2nc(N3CCC(Cc4ccc(F)cc4F)CC3)c(-c3cnn(C)c3)nc2C1. The van der Waals surface area contributed by atoms with E-state index in [0.717, 1.165) is 60.5 Å². The predicted octanol–water partition coefficient (Wildman–Crippen LogP) is 3.52. The second kappa shape index (κ2) is 9.12. The van der Waals surface area contributed by atoms with E-state index >= 15 is 0 Å². The lowest BCUT2D eigenvalue weighted by Gasteiger charge is -2.35. The van der Waals surface area contributed by atoms with Gasteiger partial charge in [0.05, 0.1) is 24.1 Å². The average Bonchev–Trinajstić information content (AvgIpc) is 3.26. The monoisotopic (exact) mass is 466 g/mol. The minimum absolute atomic E-state index is 0.0408. The highest BCUT2D eigenvalue weighted by atomic mass is 19.1. The first kappa shape index (κ1) is 22.4. The van der Waals surface area contributed by atoms with Crippen molar-refractivity contribution in [1.29, 1.82) is 0 Å². The molecule has 4 heterocycles. The number of amides is 1. The van der Waals surface area contributed by atoms with E-state index in [9.17, 15) is 13.6 Å². The van der Waals surface area contributed by atoms with Gasteiger partial charge < -0.3 is 9.80 Å². The molecule has 1 saturated heterocycles.